The van der Waals surface area contributed by atoms with Crippen molar-refractivity contribution >= 4 is 12.1 Å². The van der Waals surface area contributed by atoms with Crippen LogP contribution in [-0.4, -0.2) is 31.4 Å². The van der Waals surface area contributed by atoms with Crippen molar-refractivity contribution in [3.63, 3.8) is 0 Å². The average molecular weight is 771 g/mol. The minimum absolute atomic E-state index is 0.00333. The summed E-state index contributed by atoms with van der Waals surface area (Å²) in [6, 6.07) is 14.4. The normalized spacial score (nSPS) is 28.4. The second-order valence-corrected chi connectivity index (χ2v) is 18.7. The van der Waals surface area contributed by atoms with E-state index in [1.165, 1.54) is 51.4 Å². The van der Waals surface area contributed by atoms with Crippen LogP contribution in [0.5, 0.6) is 11.5 Å². The Labute approximate surface area is 339 Å². The SMILES string of the molecule is CCCCOC(=O)OC1CCC2(C)C(=CCC3C2CCC2(C)C(C(C)CCCC(C)C)CCC32)C1.CCCCOc1ccc(C(=O)Oc2ccc(C)cc2)cc1. The lowest BCUT2D eigenvalue weighted by atomic mass is 9.47. The highest BCUT2D eigenvalue weighted by atomic mass is 16.7. The highest BCUT2D eigenvalue weighted by molar-refractivity contribution is 5.91. The molecule has 3 saturated carbocycles. The molecule has 0 aliphatic heterocycles. The van der Waals surface area contributed by atoms with Crippen LogP contribution in [0.3, 0.4) is 0 Å². The minimum atomic E-state index is -0.464. The third-order valence-corrected chi connectivity index (χ3v) is 14.3. The fourth-order valence-corrected chi connectivity index (χ4v) is 11.0. The molecule has 6 nitrogen and oxygen atoms in total. The molecule has 4 aliphatic carbocycles. The van der Waals surface area contributed by atoms with Gasteiger partial charge in [0.15, 0.2) is 0 Å². The van der Waals surface area contributed by atoms with Crippen molar-refractivity contribution < 1.29 is 28.5 Å². The maximum absolute atomic E-state index is 12.1. The van der Waals surface area contributed by atoms with Crippen molar-refractivity contribution in [2.24, 2.45) is 46.3 Å². The van der Waals surface area contributed by atoms with Gasteiger partial charge in [-0.2, -0.15) is 0 Å². The van der Waals surface area contributed by atoms with Crippen molar-refractivity contribution in [2.45, 2.75) is 158 Å². The summed E-state index contributed by atoms with van der Waals surface area (Å²) in [5, 5.41) is 0. The Balaban J connectivity index is 0.000000244. The molecule has 2 aromatic carbocycles. The maximum atomic E-state index is 12.1. The Morgan fingerprint density at radius 1 is 0.786 bits per heavy atom. The zero-order valence-corrected chi connectivity index (χ0v) is 36.2. The highest BCUT2D eigenvalue weighted by Gasteiger charge is 2.59. The molecule has 0 saturated heterocycles. The molecule has 310 valence electrons. The predicted molar refractivity (Wildman–Crippen MR) is 227 cm³/mol. The van der Waals surface area contributed by atoms with Crippen molar-refractivity contribution in [1.82, 2.24) is 0 Å². The van der Waals surface area contributed by atoms with Gasteiger partial charge in [-0.1, -0.05) is 110 Å². The van der Waals surface area contributed by atoms with Gasteiger partial charge >= 0.3 is 12.1 Å². The van der Waals surface area contributed by atoms with Crippen LogP contribution in [0.15, 0.2) is 60.2 Å². The lowest BCUT2D eigenvalue weighted by Gasteiger charge is -2.58. The second kappa shape index (κ2) is 20.4. The standard InChI is InChI=1S/C32H54O3.C18H20O3/c1-7-8-20-34-30(33)35-25-16-18-31(5)24(21-25)12-13-26-28-15-14-27(23(4)11-9-10-22(2)3)32(28,6)19-17-29(26)31;1-3-4-13-20-16-11-7-15(8-12-16)18(19)21-17-9-5-14(2)6-10-17/h12,22-23,25-29H,7-11,13-21H2,1-6H3;5-12H,3-4,13H2,1-2H3. The van der Waals surface area contributed by atoms with Gasteiger partial charge in [0, 0.05) is 6.42 Å². The van der Waals surface area contributed by atoms with Crippen LogP contribution in [0.25, 0.3) is 0 Å². The molecule has 3 fully saturated rings. The highest BCUT2D eigenvalue weighted by Crippen LogP contribution is 2.67. The van der Waals surface area contributed by atoms with Gasteiger partial charge in [-0.05, 0) is 147 Å². The number of esters is 1. The van der Waals surface area contributed by atoms with Crippen molar-refractivity contribution in [2.75, 3.05) is 13.2 Å². The molecule has 0 radical (unpaired) electrons. The van der Waals surface area contributed by atoms with E-state index >= 15 is 0 Å². The molecule has 6 rings (SSSR count). The molecular weight excluding hydrogens is 697 g/mol. The van der Waals surface area contributed by atoms with E-state index in [0.717, 1.165) is 91.8 Å². The van der Waals surface area contributed by atoms with Gasteiger partial charge in [0.1, 0.15) is 17.6 Å². The van der Waals surface area contributed by atoms with Crippen LogP contribution < -0.4 is 9.47 Å². The topological polar surface area (TPSA) is 71.1 Å². The number of aryl methyl sites for hydroxylation is 1. The number of hydrogen-bond donors (Lipinski definition) is 0. The summed E-state index contributed by atoms with van der Waals surface area (Å²) >= 11 is 0. The lowest BCUT2D eigenvalue weighted by Crippen LogP contribution is -2.51. The number of hydrogen-bond acceptors (Lipinski definition) is 6. The van der Waals surface area contributed by atoms with E-state index in [4.69, 9.17) is 18.9 Å². The summed E-state index contributed by atoms with van der Waals surface area (Å²) in [4.78, 5) is 24.1. The summed E-state index contributed by atoms with van der Waals surface area (Å²) in [5.74, 6) is 6.15. The van der Waals surface area contributed by atoms with Crippen LogP contribution in [-0.2, 0) is 9.47 Å². The van der Waals surface area contributed by atoms with E-state index in [1.54, 1.807) is 42.0 Å². The first-order chi connectivity index (χ1) is 26.9. The molecule has 8 unspecified atom stereocenters. The number of rotatable bonds is 15. The van der Waals surface area contributed by atoms with E-state index in [2.05, 4.69) is 54.5 Å². The molecule has 0 amide bonds. The van der Waals surface area contributed by atoms with Crippen LogP contribution in [0.4, 0.5) is 4.79 Å². The van der Waals surface area contributed by atoms with E-state index in [0.29, 0.717) is 35.4 Å². The number of unbranched alkanes of at least 4 members (excludes halogenated alkanes) is 2. The van der Waals surface area contributed by atoms with E-state index in [1.807, 2.05) is 19.1 Å². The number of ether oxygens (including phenoxy) is 4. The quantitative estimate of drug-likeness (QED) is 0.0777. The third-order valence-electron chi connectivity index (χ3n) is 14.3. The zero-order chi connectivity index (χ0) is 40.3. The fourth-order valence-electron chi connectivity index (χ4n) is 11.0. The van der Waals surface area contributed by atoms with Crippen molar-refractivity contribution in [1.29, 1.82) is 0 Å². The second-order valence-electron chi connectivity index (χ2n) is 18.7. The Bertz CT molecular complexity index is 1560. The Hall–Kier alpha value is -3.28. The van der Waals surface area contributed by atoms with E-state index in [9.17, 15) is 9.59 Å². The summed E-state index contributed by atoms with van der Waals surface area (Å²) in [7, 11) is 0. The first kappa shape index (κ1) is 43.8. The largest absolute Gasteiger partial charge is 0.508 e. The van der Waals surface area contributed by atoms with Crippen LogP contribution >= 0.6 is 0 Å². The molecular formula is C50H74O6. The van der Waals surface area contributed by atoms with Crippen molar-refractivity contribution in [3.05, 3.63) is 71.3 Å². The van der Waals surface area contributed by atoms with Crippen LogP contribution in [0.2, 0.25) is 0 Å². The van der Waals surface area contributed by atoms with Gasteiger partial charge in [-0.3, -0.25) is 0 Å². The number of carbonyl (C=O) groups is 2. The molecule has 6 heteroatoms. The maximum Gasteiger partial charge on any atom is 0.508 e. The molecule has 0 N–H and O–H groups in total. The van der Waals surface area contributed by atoms with Crippen LogP contribution in [0.1, 0.15) is 161 Å². The van der Waals surface area contributed by atoms with Gasteiger partial charge in [0.2, 0.25) is 0 Å². The first-order valence-corrected chi connectivity index (χ1v) is 22.4. The van der Waals surface area contributed by atoms with Gasteiger partial charge < -0.3 is 18.9 Å². The average Bonchev–Trinajstić information content (AvgIpc) is 3.54. The summed E-state index contributed by atoms with van der Waals surface area (Å²) in [6.45, 7) is 19.9. The minimum Gasteiger partial charge on any atom is -0.494 e. The fraction of sp³-hybridized carbons (Fsp3) is 0.680. The van der Waals surface area contributed by atoms with E-state index in [-0.39, 0.29) is 12.1 Å². The van der Waals surface area contributed by atoms with Gasteiger partial charge in [0.05, 0.1) is 18.8 Å². The van der Waals surface area contributed by atoms with Crippen molar-refractivity contribution in [3.8, 4) is 11.5 Å². The number of fused-ring (bicyclic) bond motifs is 5. The molecule has 4 aliphatic rings. The third kappa shape index (κ3) is 11.0. The summed E-state index contributed by atoms with van der Waals surface area (Å²) in [6.07, 6.45) is 20.4. The Kier molecular flexibility index (Phi) is 16.0. The lowest BCUT2D eigenvalue weighted by molar-refractivity contribution is -0.0617. The summed E-state index contributed by atoms with van der Waals surface area (Å²) < 4.78 is 21.9. The monoisotopic (exact) mass is 771 g/mol. The number of carbonyl (C=O) groups excluding carboxylic acids is 2. The van der Waals surface area contributed by atoms with Gasteiger partial charge in [0.25, 0.3) is 0 Å². The number of allylic oxidation sites excluding steroid dienone is 1. The predicted octanol–water partition coefficient (Wildman–Crippen LogP) is 13.7. The van der Waals surface area contributed by atoms with E-state index < -0.39 is 6.16 Å². The molecule has 0 spiro atoms. The molecule has 0 bridgehead atoms. The van der Waals surface area contributed by atoms with Gasteiger partial charge in [-0.15, -0.1) is 0 Å². The molecule has 8 atom stereocenters. The number of benzene rings is 2. The zero-order valence-electron chi connectivity index (χ0n) is 36.2. The van der Waals surface area contributed by atoms with Gasteiger partial charge in [-0.25, -0.2) is 9.59 Å². The smallest absolute Gasteiger partial charge is 0.494 e. The first-order valence-electron chi connectivity index (χ1n) is 22.4. The molecule has 2 aromatic rings. The molecule has 0 aromatic heterocycles. The molecule has 56 heavy (non-hydrogen) atoms. The Morgan fingerprint density at radius 3 is 2.18 bits per heavy atom. The Morgan fingerprint density at radius 2 is 1.48 bits per heavy atom. The van der Waals surface area contributed by atoms with Crippen LogP contribution in [0, 0.1) is 53.3 Å². The summed E-state index contributed by atoms with van der Waals surface area (Å²) in [5.41, 5.74) is 4.07. The molecule has 0 heterocycles.